The summed E-state index contributed by atoms with van der Waals surface area (Å²) in [6, 6.07) is 9.92. The lowest BCUT2D eigenvalue weighted by molar-refractivity contribution is -0.135. The number of primary amides is 1. The summed E-state index contributed by atoms with van der Waals surface area (Å²) >= 11 is 6.55. The second-order valence-corrected chi connectivity index (χ2v) is 17.8. The average molecular weight is 872 g/mol. The number of imidazole rings is 1. The molecule has 328 valence electrons. The first-order valence-electron chi connectivity index (χ1n) is 21.6. The number of likely N-dealkylation sites (tertiary alicyclic amines) is 3. The van der Waals surface area contributed by atoms with Crippen molar-refractivity contribution in [1.82, 2.24) is 34.6 Å². The minimum Gasteiger partial charge on any atom is -0.385 e. The van der Waals surface area contributed by atoms with Crippen molar-refractivity contribution in [1.29, 1.82) is 0 Å². The number of urea groups is 1. The van der Waals surface area contributed by atoms with Crippen LogP contribution in [0.5, 0.6) is 0 Å². The number of piperidine rings is 3. The number of carbonyl (C=O) groups excluding carboxylic acids is 4. The van der Waals surface area contributed by atoms with Crippen molar-refractivity contribution < 1.29 is 28.0 Å². The minimum absolute atomic E-state index is 0.146. The van der Waals surface area contributed by atoms with Crippen LogP contribution < -0.4 is 26.2 Å². The lowest BCUT2D eigenvalue weighted by atomic mass is 9.78. The van der Waals surface area contributed by atoms with E-state index < -0.39 is 23.9 Å². The number of nitrogens with one attached hydrogen (secondary N) is 2. The standard InChI is InChI=1S/C44H52ClF2N11O4/c1-26-32(45)20-30(21-35(26)57-19-12-39(59)51-43(57)62)42(61)55-16-8-28(9-17-55)27-6-14-54(15-7-27)37-11-13-53(25-44(37,46)47)24-29-4-3-5-34-31(29)10-18-56(34)38-22-33(49-2)41-50-23-36(40(48)60)58(41)52-38/h3-5,20-23,27-28,37,49H,6-19,24-25H2,1-2H3,(H2,48,60)(H,51,59,62). The number of fused-ring (bicyclic) bond motifs is 2. The summed E-state index contributed by atoms with van der Waals surface area (Å²) in [5.74, 6) is -2.50. The van der Waals surface area contributed by atoms with Gasteiger partial charge in [-0.3, -0.25) is 34.4 Å². The van der Waals surface area contributed by atoms with Crippen LogP contribution in [0.3, 0.4) is 0 Å². The van der Waals surface area contributed by atoms with Crippen LogP contribution in [0.1, 0.15) is 76.1 Å². The minimum atomic E-state index is -2.86. The summed E-state index contributed by atoms with van der Waals surface area (Å²) in [6.07, 6.45) is 6.13. The molecule has 5 aliphatic rings. The predicted molar refractivity (Wildman–Crippen MR) is 231 cm³/mol. The molecule has 0 bridgehead atoms. The molecule has 62 heavy (non-hydrogen) atoms. The first-order valence-corrected chi connectivity index (χ1v) is 22.0. The smallest absolute Gasteiger partial charge is 0.328 e. The van der Waals surface area contributed by atoms with Crippen LogP contribution >= 0.6 is 11.6 Å². The first-order chi connectivity index (χ1) is 29.8. The maximum atomic E-state index is 16.1. The van der Waals surface area contributed by atoms with Gasteiger partial charge in [-0.1, -0.05) is 23.7 Å². The van der Waals surface area contributed by atoms with E-state index in [0.29, 0.717) is 103 Å². The van der Waals surface area contributed by atoms with Gasteiger partial charge in [0.1, 0.15) is 5.69 Å². The molecule has 9 rings (SSSR count). The maximum absolute atomic E-state index is 16.1. The zero-order valence-electron chi connectivity index (χ0n) is 35.0. The van der Waals surface area contributed by atoms with Gasteiger partial charge in [0, 0.05) is 75.1 Å². The molecular formula is C44H52ClF2N11O4. The van der Waals surface area contributed by atoms with Crippen molar-refractivity contribution in [2.75, 3.05) is 74.5 Å². The van der Waals surface area contributed by atoms with Gasteiger partial charge in [0.2, 0.25) is 5.91 Å². The zero-order valence-corrected chi connectivity index (χ0v) is 35.8. The van der Waals surface area contributed by atoms with Gasteiger partial charge in [0.25, 0.3) is 17.7 Å². The van der Waals surface area contributed by atoms with Gasteiger partial charge in [-0.05, 0) is 105 Å². The number of hydrogen-bond acceptors (Lipinski definition) is 10. The number of hydrogen-bond donors (Lipinski definition) is 3. The van der Waals surface area contributed by atoms with Crippen LogP contribution in [0.25, 0.3) is 5.65 Å². The fourth-order valence-electron chi connectivity index (χ4n) is 10.5. The number of halogens is 3. The van der Waals surface area contributed by atoms with E-state index in [-0.39, 0.29) is 37.0 Å². The third kappa shape index (κ3) is 7.83. The van der Waals surface area contributed by atoms with E-state index in [1.165, 1.54) is 15.6 Å². The van der Waals surface area contributed by atoms with E-state index in [0.717, 1.165) is 48.9 Å². The third-order valence-corrected chi connectivity index (χ3v) is 14.2. The highest BCUT2D eigenvalue weighted by atomic mass is 35.5. The van der Waals surface area contributed by atoms with E-state index in [1.807, 2.05) is 39.0 Å². The maximum Gasteiger partial charge on any atom is 0.328 e. The molecule has 1 atom stereocenters. The average Bonchev–Trinajstić information content (AvgIpc) is 3.90. The molecule has 0 radical (unpaired) electrons. The Hall–Kier alpha value is -5.39. The fraction of sp³-hybridized carbons (Fsp3) is 0.500. The number of benzene rings is 2. The Morgan fingerprint density at radius 3 is 2.35 bits per heavy atom. The van der Waals surface area contributed by atoms with E-state index in [1.54, 1.807) is 26.1 Å². The normalized spacial score (nSPS) is 21.7. The Bertz CT molecular complexity index is 2430. The lowest BCUT2D eigenvalue weighted by Crippen LogP contribution is -2.59. The molecule has 4 N–H and O–H groups in total. The second kappa shape index (κ2) is 16.7. The van der Waals surface area contributed by atoms with Gasteiger partial charge >= 0.3 is 6.03 Å². The summed E-state index contributed by atoms with van der Waals surface area (Å²) in [5.41, 5.74) is 11.7. The Kier molecular flexibility index (Phi) is 11.3. The predicted octanol–water partition coefficient (Wildman–Crippen LogP) is 5.45. The third-order valence-electron chi connectivity index (χ3n) is 13.8. The second-order valence-electron chi connectivity index (χ2n) is 17.4. The molecule has 0 saturated carbocycles. The Labute approximate surface area is 363 Å². The summed E-state index contributed by atoms with van der Waals surface area (Å²) in [5, 5.41) is 10.6. The van der Waals surface area contributed by atoms with Crippen molar-refractivity contribution in [3.05, 3.63) is 75.6 Å². The summed E-state index contributed by atoms with van der Waals surface area (Å²) < 4.78 is 33.7. The SMILES string of the molecule is CNc1cc(N2CCc3c(CN4CCC(N5CCC(C6CCN(C(=O)c7cc(Cl)c(C)c(N8CCC(=O)NC8=O)c7)CC6)CC5)C(F)(F)C4)cccc32)nn2c(C(N)=O)cnc12. The number of aromatic nitrogens is 3. The van der Waals surface area contributed by atoms with E-state index in [4.69, 9.17) is 22.4 Å². The number of imide groups is 1. The monoisotopic (exact) mass is 871 g/mol. The molecule has 5 amide bonds. The quantitative estimate of drug-likeness (QED) is 0.197. The molecule has 5 aliphatic heterocycles. The first kappa shape index (κ1) is 41.9. The molecule has 2 aromatic heterocycles. The van der Waals surface area contributed by atoms with Crippen molar-refractivity contribution in [3.63, 3.8) is 0 Å². The number of nitrogens with two attached hydrogens (primary N) is 1. The van der Waals surface area contributed by atoms with E-state index >= 15 is 8.78 Å². The van der Waals surface area contributed by atoms with Crippen LogP contribution in [0.2, 0.25) is 5.02 Å². The van der Waals surface area contributed by atoms with E-state index in [9.17, 15) is 19.2 Å². The number of anilines is 4. The Morgan fingerprint density at radius 2 is 1.66 bits per heavy atom. The number of alkyl halides is 2. The number of nitrogens with zero attached hydrogens (tertiary/aromatic N) is 8. The highest BCUT2D eigenvalue weighted by molar-refractivity contribution is 6.32. The van der Waals surface area contributed by atoms with Crippen molar-refractivity contribution in [3.8, 4) is 0 Å². The van der Waals surface area contributed by atoms with Crippen molar-refractivity contribution >= 4 is 63.9 Å². The summed E-state index contributed by atoms with van der Waals surface area (Å²) in [7, 11) is 1.78. The molecule has 0 aliphatic carbocycles. The zero-order chi connectivity index (χ0) is 43.4. The van der Waals surface area contributed by atoms with Crippen molar-refractivity contribution in [2.45, 2.75) is 70.4 Å². The van der Waals surface area contributed by atoms with Gasteiger partial charge in [0.05, 0.1) is 30.2 Å². The number of amides is 5. The van der Waals surface area contributed by atoms with Gasteiger partial charge in [-0.15, -0.1) is 5.10 Å². The molecule has 2 aromatic carbocycles. The molecule has 4 saturated heterocycles. The van der Waals surface area contributed by atoms with Crippen LogP contribution in [0.4, 0.5) is 36.5 Å². The van der Waals surface area contributed by atoms with Crippen LogP contribution in [-0.2, 0) is 17.8 Å². The molecular weight excluding hydrogens is 820 g/mol. The topological polar surface area (TPSA) is 165 Å². The van der Waals surface area contributed by atoms with E-state index in [2.05, 4.69) is 20.5 Å². The van der Waals surface area contributed by atoms with Crippen LogP contribution in [0, 0.1) is 18.8 Å². The molecule has 4 fully saturated rings. The largest absolute Gasteiger partial charge is 0.385 e. The Balaban J connectivity index is 0.782. The van der Waals surface area contributed by atoms with Gasteiger partial charge in [-0.25, -0.2) is 23.1 Å². The molecule has 15 nitrogen and oxygen atoms in total. The van der Waals surface area contributed by atoms with Gasteiger partial charge < -0.3 is 20.9 Å². The van der Waals surface area contributed by atoms with Crippen LogP contribution in [-0.4, -0.2) is 124 Å². The highest BCUT2D eigenvalue weighted by Gasteiger charge is 2.48. The molecule has 18 heteroatoms. The van der Waals surface area contributed by atoms with Gasteiger partial charge in [0.15, 0.2) is 11.5 Å². The Morgan fingerprint density at radius 1 is 0.935 bits per heavy atom. The summed E-state index contributed by atoms with van der Waals surface area (Å²) in [4.78, 5) is 63.7. The van der Waals surface area contributed by atoms with Crippen molar-refractivity contribution in [2.24, 2.45) is 17.6 Å². The molecule has 0 spiro atoms. The molecule has 7 heterocycles. The van der Waals surface area contributed by atoms with Crippen LogP contribution in [0.15, 0.2) is 42.6 Å². The van der Waals surface area contributed by atoms with Gasteiger partial charge in [-0.2, -0.15) is 0 Å². The lowest BCUT2D eigenvalue weighted by Gasteiger charge is -2.47. The number of carbonyl (C=O) groups is 4. The fourth-order valence-corrected chi connectivity index (χ4v) is 10.7. The number of rotatable bonds is 9. The highest BCUT2D eigenvalue weighted by Crippen LogP contribution is 2.41. The molecule has 4 aromatic rings. The summed E-state index contributed by atoms with van der Waals surface area (Å²) in [6.45, 7) is 5.83. The molecule has 1 unspecified atom stereocenters.